The standard InChI is InChI=1S/C26H26N4O6/c1-16(23(31)28-14-17-7-11-20(36-4)12-8-17)13-21-22(27-2)29(3)26(35)30(24(21)32)15-18-5-9-19(10-6-18)25(33)34/h5-13H,2,14-15H2,1,3-4H3,(H,28,31)(H,33,34)/b16-13+. The number of carboxylic acid groups (broad SMARTS) is 1. The minimum absolute atomic E-state index is 0.0322. The van der Waals surface area contributed by atoms with Gasteiger partial charge in [0.15, 0.2) is 0 Å². The zero-order chi connectivity index (χ0) is 26.4. The van der Waals surface area contributed by atoms with Crippen LogP contribution in [0.15, 0.2) is 68.7 Å². The minimum atomic E-state index is -1.08. The lowest BCUT2D eigenvalue weighted by Crippen LogP contribution is -2.40. The van der Waals surface area contributed by atoms with Crippen LogP contribution in [0.5, 0.6) is 5.75 Å². The summed E-state index contributed by atoms with van der Waals surface area (Å²) in [5.74, 6) is -0.742. The third kappa shape index (κ3) is 5.66. The third-order valence-corrected chi connectivity index (χ3v) is 5.57. The molecule has 0 aliphatic heterocycles. The van der Waals surface area contributed by atoms with E-state index in [1.807, 2.05) is 12.1 Å². The van der Waals surface area contributed by atoms with Crippen LogP contribution in [0.25, 0.3) is 6.08 Å². The molecule has 0 unspecified atom stereocenters. The first-order chi connectivity index (χ1) is 17.2. The van der Waals surface area contributed by atoms with Gasteiger partial charge in [-0.3, -0.25) is 18.7 Å². The van der Waals surface area contributed by atoms with Crippen molar-refractivity contribution in [1.29, 1.82) is 0 Å². The summed E-state index contributed by atoms with van der Waals surface area (Å²) in [5.41, 5.74) is 0.512. The highest BCUT2D eigenvalue weighted by atomic mass is 16.5. The topological polar surface area (TPSA) is 132 Å². The fourth-order valence-corrected chi connectivity index (χ4v) is 3.52. The smallest absolute Gasteiger partial charge is 0.335 e. The Balaban J connectivity index is 1.91. The number of carbonyl (C=O) groups excluding carboxylic acids is 1. The summed E-state index contributed by atoms with van der Waals surface area (Å²) in [6.45, 7) is 5.19. The van der Waals surface area contributed by atoms with Gasteiger partial charge < -0.3 is 15.2 Å². The molecule has 0 spiro atoms. The molecular weight excluding hydrogens is 464 g/mol. The van der Waals surface area contributed by atoms with Gasteiger partial charge in [-0.1, -0.05) is 24.3 Å². The number of aromatic carboxylic acids is 1. The predicted molar refractivity (Wildman–Crippen MR) is 136 cm³/mol. The average molecular weight is 491 g/mol. The Morgan fingerprint density at radius 3 is 2.25 bits per heavy atom. The lowest BCUT2D eigenvalue weighted by atomic mass is 10.1. The molecule has 10 heteroatoms. The molecule has 3 rings (SSSR count). The van der Waals surface area contributed by atoms with Crippen molar-refractivity contribution in [3.8, 4) is 5.75 Å². The molecule has 0 atom stereocenters. The summed E-state index contributed by atoms with van der Waals surface area (Å²) >= 11 is 0. The molecule has 36 heavy (non-hydrogen) atoms. The Bertz CT molecular complexity index is 1450. The molecule has 1 amide bonds. The first kappa shape index (κ1) is 25.9. The maximum Gasteiger partial charge on any atom is 0.335 e. The van der Waals surface area contributed by atoms with Gasteiger partial charge in [0.25, 0.3) is 5.56 Å². The summed E-state index contributed by atoms with van der Waals surface area (Å²) in [7, 11) is 3.02. The van der Waals surface area contributed by atoms with Crippen molar-refractivity contribution in [2.24, 2.45) is 12.0 Å². The number of methoxy groups -OCH3 is 1. The Morgan fingerprint density at radius 1 is 1.08 bits per heavy atom. The fraction of sp³-hybridized carbons (Fsp3) is 0.192. The van der Waals surface area contributed by atoms with Crippen LogP contribution < -0.4 is 21.3 Å². The van der Waals surface area contributed by atoms with E-state index >= 15 is 0 Å². The highest BCUT2D eigenvalue weighted by molar-refractivity contribution is 5.97. The van der Waals surface area contributed by atoms with E-state index in [2.05, 4.69) is 17.0 Å². The number of rotatable bonds is 9. The minimum Gasteiger partial charge on any atom is -0.497 e. The first-order valence-electron chi connectivity index (χ1n) is 10.9. The number of carboxylic acids is 1. The molecular formula is C26H26N4O6. The quantitative estimate of drug-likeness (QED) is 0.350. The van der Waals surface area contributed by atoms with Gasteiger partial charge >= 0.3 is 11.7 Å². The van der Waals surface area contributed by atoms with Gasteiger partial charge in [0.1, 0.15) is 11.6 Å². The molecule has 0 saturated carbocycles. The van der Waals surface area contributed by atoms with Crippen LogP contribution in [0.1, 0.15) is 34.0 Å². The summed E-state index contributed by atoms with van der Waals surface area (Å²) in [5, 5.41) is 11.9. The zero-order valence-electron chi connectivity index (χ0n) is 20.1. The molecule has 186 valence electrons. The molecule has 10 nitrogen and oxygen atoms in total. The highest BCUT2D eigenvalue weighted by Crippen LogP contribution is 2.17. The van der Waals surface area contributed by atoms with Crippen molar-refractivity contribution in [2.45, 2.75) is 20.0 Å². The average Bonchev–Trinajstić information content (AvgIpc) is 2.88. The van der Waals surface area contributed by atoms with E-state index in [9.17, 15) is 19.2 Å². The monoisotopic (exact) mass is 490 g/mol. The van der Waals surface area contributed by atoms with Crippen molar-refractivity contribution in [2.75, 3.05) is 7.11 Å². The number of hydrogen-bond acceptors (Lipinski definition) is 6. The number of ether oxygens (including phenoxy) is 1. The molecule has 0 aliphatic rings. The second-order valence-electron chi connectivity index (χ2n) is 7.99. The fourth-order valence-electron chi connectivity index (χ4n) is 3.52. The molecule has 0 saturated heterocycles. The summed E-state index contributed by atoms with van der Waals surface area (Å²) in [6, 6.07) is 13.1. The van der Waals surface area contributed by atoms with Gasteiger partial charge in [0, 0.05) is 19.2 Å². The SMILES string of the molecule is C=Nc1c(/C=C(\C)C(=O)NCc2ccc(OC)cc2)c(=O)n(Cc2ccc(C(=O)O)cc2)c(=O)n1C. The number of benzene rings is 2. The van der Waals surface area contributed by atoms with Crippen LogP contribution in [0.4, 0.5) is 5.82 Å². The van der Waals surface area contributed by atoms with Crippen molar-refractivity contribution in [3.05, 3.63) is 97.2 Å². The van der Waals surface area contributed by atoms with Gasteiger partial charge in [0.05, 0.1) is 24.8 Å². The van der Waals surface area contributed by atoms with Crippen molar-refractivity contribution in [3.63, 3.8) is 0 Å². The summed E-state index contributed by atoms with van der Waals surface area (Å²) < 4.78 is 7.30. The van der Waals surface area contributed by atoms with E-state index in [-0.39, 0.29) is 35.6 Å². The molecule has 0 fully saturated rings. The van der Waals surface area contributed by atoms with Gasteiger partial charge in [-0.2, -0.15) is 0 Å². The Morgan fingerprint density at radius 2 is 1.69 bits per heavy atom. The largest absolute Gasteiger partial charge is 0.497 e. The number of aliphatic imine (C=N–C) groups is 1. The second kappa shape index (κ2) is 11.1. The van der Waals surface area contributed by atoms with Gasteiger partial charge in [0.2, 0.25) is 5.91 Å². The Kier molecular flexibility index (Phi) is 8.00. The lowest BCUT2D eigenvalue weighted by molar-refractivity contribution is -0.117. The van der Waals surface area contributed by atoms with Gasteiger partial charge in [-0.15, -0.1) is 0 Å². The van der Waals surface area contributed by atoms with Crippen LogP contribution in [0.2, 0.25) is 0 Å². The van der Waals surface area contributed by atoms with E-state index in [0.29, 0.717) is 11.3 Å². The van der Waals surface area contributed by atoms with Gasteiger partial charge in [-0.25, -0.2) is 14.6 Å². The highest BCUT2D eigenvalue weighted by Gasteiger charge is 2.17. The number of nitrogens with zero attached hydrogens (tertiary/aromatic N) is 3. The van der Waals surface area contributed by atoms with E-state index in [1.54, 1.807) is 26.2 Å². The van der Waals surface area contributed by atoms with E-state index < -0.39 is 23.1 Å². The van der Waals surface area contributed by atoms with E-state index in [4.69, 9.17) is 9.84 Å². The third-order valence-electron chi connectivity index (χ3n) is 5.57. The van der Waals surface area contributed by atoms with Crippen LogP contribution in [-0.4, -0.2) is 39.9 Å². The molecule has 0 aliphatic carbocycles. The molecule has 2 N–H and O–H groups in total. The maximum atomic E-state index is 13.3. The number of nitrogens with one attached hydrogen (secondary N) is 1. The number of amides is 1. The lowest BCUT2D eigenvalue weighted by Gasteiger charge is -2.13. The molecule has 0 radical (unpaired) electrons. The summed E-state index contributed by atoms with van der Waals surface area (Å²) in [6.07, 6.45) is 1.37. The molecule has 1 heterocycles. The first-order valence-corrected chi connectivity index (χ1v) is 10.9. The van der Waals surface area contributed by atoms with Crippen molar-refractivity contribution >= 4 is 30.5 Å². The van der Waals surface area contributed by atoms with E-state index in [1.165, 1.54) is 42.0 Å². The van der Waals surface area contributed by atoms with Crippen LogP contribution in [-0.2, 0) is 24.9 Å². The van der Waals surface area contributed by atoms with Gasteiger partial charge in [-0.05, 0) is 55.1 Å². The maximum absolute atomic E-state index is 13.3. The molecule has 2 aromatic carbocycles. The Labute approximate surface area is 206 Å². The predicted octanol–water partition coefficient (Wildman–Crippen LogP) is 2.35. The van der Waals surface area contributed by atoms with Crippen LogP contribution in [0.3, 0.4) is 0 Å². The number of aromatic nitrogens is 2. The molecule has 3 aromatic rings. The number of hydrogen-bond donors (Lipinski definition) is 2. The zero-order valence-corrected chi connectivity index (χ0v) is 20.1. The molecule has 1 aromatic heterocycles. The normalized spacial score (nSPS) is 11.1. The summed E-state index contributed by atoms with van der Waals surface area (Å²) in [4.78, 5) is 53.8. The van der Waals surface area contributed by atoms with Crippen molar-refractivity contribution < 1.29 is 19.4 Å². The Hall–Kier alpha value is -4.73. The molecule has 0 bridgehead atoms. The second-order valence-corrected chi connectivity index (χ2v) is 7.99. The van der Waals surface area contributed by atoms with E-state index in [0.717, 1.165) is 10.1 Å². The number of carbonyl (C=O) groups is 2. The van der Waals surface area contributed by atoms with Crippen molar-refractivity contribution in [1.82, 2.24) is 14.5 Å². The van der Waals surface area contributed by atoms with Crippen LogP contribution in [0, 0.1) is 0 Å². The van der Waals surface area contributed by atoms with Crippen LogP contribution >= 0.6 is 0 Å².